The molecule has 20 atom stereocenters. The highest BCUT2D eigenvalue weighted by molar-refractivity contribution is 7.80. The van der Waals surface area contributed by atoms with Crippen molar-refractivity contribution in [2.24, 2.45) is 0 Å². The van der Waals surface area contributed by atoms with E-state index >= 15 is 0 Å². The molecule has 49 heavy (non-hydrogen) atoms. The molecule has 0 amide bonds. The average Bonchev–Trinajstić information content (AvgIpc) is 3.47. The van der Waals surface area contributed by atoms with Crippen molar-refractivity contribution in [3.05, 3.63) is 0 Å². The molecule has 8 N–H and O–H groups in total. The Bertz CT molecular complexity index is 1210. The molecule has 6 heterocycles. The molecule has 0 spiro atoms. The normalized spacial score (nSPS) is 51.6. The lowest BCUT2D eigenvalue weighted by Gasteiger charge is -2.48. The zero-order valence-corrected chi connectivity index (χ0v) is 26.9. The van der Waals surface area contributed by atoms with Crippen LogP contribution >= 0.6 is 0 Å². The fourth-order valence-electron chi connectivity index (χ4n) is 6.97. The highest BCUT2D eigenvalue weighted by Gasteiger charge is 2.60. The van der Waals surface area contributed by atoms with Crippen LogP contribution in [0.2, 0.25) is 0 Å². The molecule has 0 aromatic carbocycles. The average molecular weight is 739 g/mol. The maximum Gasteiger partial charge on any atom is 0.397 e. The summed E-state index contributed by atoms with van der Waals surface area (Å²) in [6.45, 7) is -1.71. The molecule has 0 radical (unpaired) electrons. The van der Waals surface area contributed by atoms with Gasteiger partial charge < -0.3 is 87.9 Å². The Morgan fingerprint density at radius 3 is 1.80 bits per heavy atom. The van der Waals surface area contributed by atoms with Gasteiger partial charge in [0.1, 0.15) is 97.7 Å². The quantitative estimate of drug-likeness (QED) is 0.0863. The van der Waals surface area contributed by atoms with E-state index < -0.39 is 146 Å². The maximum absolute atomic E-state index is 11.8. The van der Waals surface area contributed by atoms with Crippen molar-refractivity contribution < 1.29 is 105 Å². The van der Waals surface area contributed by atoms with Crippen molar-refractivity contribution in [3.63, 3.8) is 0 Å². The zero-order chi connectivity index (χ0) is 35.4. The summed E-state index contributed by atoms with van der Waals surface area (Å²) < 4.78 is 101. The Labute approximate surface area is 279 Å². The molecule has 0 aromatic rings. The monoisotopic (exact) mass is 738 g/mol. The Morgan fingerprint density at radius 1 is 0.592 bits per heavy atom. The summed E-state index contributed by atoms with van der Waals surface area (Å²) in [5.74, 6) is 0. The second kappa shape index (κ2) is 15.2. The summed E-state index contributed by atoms with van der Waals surface area (Å²) in [6, 6.07) is 0. The van der Waals surface area contributed by atoms with Crippen LogP contribution in [0.1, 0.15) is 0 Å². The van der Waals surface area contributed by atoms with Crippen LogP contribution in [0.4, 0.5) is 0 Å². The standard InChI is InChI=1S/C26H42O22S/c1-37-21-18-12(30)9(5-39-18)43-25(21)47-19-14(32)24(42-8(4-28)16(19)48-49(34,35)36)45-15-10-6-40-20(15)22(38-2)26(44-10)46-17-11(29)7(3-27)41-23(33)13(17)31/h7-33H,3-6H2,1-2H3,(H,34,35,36)/t7-,8-,9+,10+,11+,12-,13-,14-,15-,16+,17+,18-,19-,20-,21+,22+,23+,24+,25+,26+/m1/s1. The summed E-state index contributed by atoms with van der Waals surface area (Å²) in [5, 5.41) is 72.7. The molecular formula is C26H42O22S. The van der Waals surface area contributed by atoms with E-state index in [1.54, 1.807) is 0 Å². The van der Waals surface area contributed by atoms with Crippen LogP contribution in [-0.2, 0) is 66.7 Å². The van der Waals surface area contributed by atoms with E-state index in [4.69, 9.17) is 56.3 Å². The van der Waals surface area contributed by atoms with Crippen molar-refractivity contribution in [1.82, 2.24) is 0 Å². The fraction of sp³-hybridized carbons (Fsp3) is 1.00. The van der Waals surface area contributed by atoms with E-state index in [0.717, 1.165) is 0 Å². The van der Waals surface area contributed by atoms with Crippen molar-refractivity contribution in [2.75, 3.05) is 40.6 Å². The first kappa shape index (κ1) is 37.9. The van der Waals surface area contributed by atoms with Gasteiger partial charge in [-0.3, -0.25) is 4.55 Å². The molecule has 0 unspecified atom stereocenters. The van der Waals surface area contributed by atoms with E-state index in [0.29, 0.717) is 0 Å². The summed E-state index contributed by atoms with van der Waals surface area (Å²) in [6.07, 6.45) is -27.4. The third-order valence-corrected chi connectivity index (χ3v) is 9.87. The number of aliphatic hydroxyl groups is 7. The molecule has 6 aliphatic heterocycles. The van der Waals surface area contributed by atoms with Crippen LogP contribution in [0.3, 0.4) is 0 Å². The predicted molar refractivity (Wildman–Crippen MR) is 147 cm³/mol. The van der Waals surface area contributed by atoms with Crippen LogP contribution in [-0.4, -0.2) is 212 Å². The topological polar surface area (TPSA) is 307 Å². The Morgan fingerprint density at radius 2 is 1.16 bits per heavy atom. The first-order valence-corrected chi connectivity index (χ1v) is 16.8. The minimum absolute atomic E-state index is 0.0112. The molecule has 4 bridgehead atoms. The van der Waals surface area contributed by atoms with Crippen molar-refractivity contribution in [3.8, 4) is 0 Å². The number of hydrogen-bond acceptors (Lipinski definition) is 21. The Kier molecular flexibility index (Phi) is 11.8. The number of ether oxygens (including phenoxy) is 11. The van der Waals surface area contributed by atoms with Gasteiger partial charge in [0.15, 0.2) is 25.2 Å². The lowest BCUT2D eigenvalue weighted by molar-refractivity contribution is -0.372. The highest BCUT2D eigenvalue weighted by atomic mass is 32.3. The molecule has 284 valence electrons. The van der Waals surface area contributed by atoms with E-state index in [1.165, 1.54) is 14.2 Å². The third-order valence-electron chi connectivity index (χ3n) is 9.40. The van der Waals surface area contributed by atoms with Crippen molar-refractivity contribution in [1.29, 1.82) is 0 Å². The first-order chi connectivity index (χ1) is 23.3. The zero-order valence-electron chi connectivity index (χ0n) is 26.1. The number of hydrogen-bond donors (Lipinski definition) is 8. The van der Waals surface area contributed by atoms with Gasteiger partial charge in [-0.1, -0.05) is 0 Å². The second-order valence-corrected chi connectivity index (χ2v) is 13.4. The Balaban J connectivity index is 1.20. The summed E-state index contributed by atoms with van der Waals surface area (Å²) in [5.41, 5.74) is 0. The highest BCUT2D eigenvalue weighted by Crippen LogP contribution is 2.40. The van der Waals surface area contributed by atoms with Crippen LogP contribution < -0.4 is 0 Å². The van der Waals surface area contributed by atoms with Crippen LogP contribution in [0.5, 0.6) is 0 Å². The summed E-state index contributed by atoms with van der Waals surface area (Å²) in [7, 11) is -2.64. The fourth-order valence-corrected chi connectivity index (χ4v) is 7.49. The van der Waals surface area contributed by atoms with Gasteiger partial charge in [-0.15, -0.1) is 0 Å². The molecular weight excluding hydrogens is 696 g/mol. The molecule has 6 rings (SSSR count). The van der Waals surface area contributed by atoms with Crippen molar-refractivity contribution in [2.45, 2.75) is 123 Å². The van der Waals surface area contributed by atoms with E-state index in [9.17, 15) is 48.7 Å². The SMILES string of the molecule is CO[C@@H]1[C@H](O[C@@H]2[C@@H](O)[C@@H](O)O[C@H](CO)[C@@H]2O)O[C@H]2CO[C@@H]1[C@@H]2O[C@@H]1O[C@H](CO)[C@H](OS(=O)(=O)O)[C@H](O[C@@H]2O[C@H]3CO[C@H]([C@@H]3O)[C@@H]2OC)[C@H]1O. The van der Waals surface area contributed by atoms with Crippen LogP contribution in [0, 0.1) is 0 Å². The van der Waals surface area contributed by atoms with Gasteiger partial charge in [0.25, 0.3) is 0 Å². The van der Waals surface area contributed by atoms with Gasteiger partial charge in [0, 0.05) is 14.2 Å². The largest absolute Gasteiger partial charge is 0.397 e. The van der Waals surface area contributed by atoms with Crippen LogP contribution in [0.25, 0.3) is 0 Å². The summed E-state index contributed by atoms with van der Waals surface area (Å²) >= 11 is 0. The Hall–Kier alpha value is -0.850. The van der Waals surface area contributed by atoms with E-state index in [-0.39, 0.29) is 13.2 Å². The molecule has 0 saturated carbocycles. The van der Waals surface area contributed by atoms with Gasteiger partial charge in [0.05, 0.1) is 26.4 Å². The smallest absolute Gasteiger partial charge is 0.394 e. The lowest BCUT2D eigenvalue weighted by atomic mass is 9.96. The molecule has 0 aromatic heterocycles. The molecule has 6 aliphatic rings. The second-order valence-electron chi connectivity index (χ2n) is 12.3. The molecule has 22 nitrogen and oxygen atoms in total. The number of aliphatic hydroxyl groups excluding tert-OH is 7. The third kappa shape index (κ3) is 7.38. The predicted octanol–water partition coefficient (Wildman–Crippen LogP) is -6.52. The minimum Gasteiger partial charge on any atom is -0.394 e. The summed E-state index contributed by atoms with van der Waals surface area (Å²) in [4.78, 5) is 0. The van der Waals surface area contributed by atoms with Gasteiger partial charge in [-0.05, 0) is 0 Å². The van der Waals surface area contributed by atoms with Gasteiger partial charge >= 0.3 is 10.4 Å². The van der Waals surface area contributed by atoms with E-state index in [1.807, 2.05) is 0 Å². The molecule has 0 aliphatic carbocycles. The first-order valence-electron chi connectivity index (χ1n) is 15.4. The number of rotatable bonds is 12. The molecule has 6 saturated heterocycles. The lowest BCUT2D eigenvalue weighted by Crippen LogP contribution is -2.66. The van der Waals surface area contributed by atoms with Gasteiger partial charge in [-0.25, -0.2) is 4.18 Å². The maximum atomic E-state index is 11.8. The minimum atomic E-state index is -5.20. The van der Waals surface area contributed by atoms with Gasteiger partial charge in [0.2, 0.25) is 0 Å². The van der Waals surface area contributed by atoms with Crippen LogP contribution in [0.15, 0.2) is 0 Å². The molecule has 23 heteroatoms. The van der Waals surface area contributed by atoms with Gasteiger partial charge in [-0.2, -0.15) is 8.42 Å². The molecule has 6 fully saturated rings. The van der Waals surface area contributed by atoms with E-state index in [2.05, 4.69) is 0 Å². The van der Waals surface area contributed by atoms with Crippen molar-refractivity contribution >= 4 is 10.4 Å². The number of fused-ring (bicyclic) bond motifs is 4. The number of methoxy groups -OCH3 is 2.